The number of aromatic nitrogens is 2. The van der Waals surface area contributed by atoms with Crippen LogP contribution in [0.1, 0.15) is 37.2 Å². The molecule has 0 bridgehead atoms. The molecule has 0 saturated carbocycles. The quantitative estimate of drug-likeness (QED) is 0.599. The summed E-state index contributed by atoms with van der Waals surface area (Å²) in [7, 11) is 3.94. The molecule has 1 atom stereocenters. The van der Waals surface area contributed by atoms with Crippen LogP contribution in [-0.2, 0) is 31.2 Å². The lowest BCUT2D eigenvalue weighted by Gasteiger charge is -2.29. The molecule has 3 rings (SSSR count). The van der Waals surface area contributed by atoms with Crippen LogP contribution < -0.4 is 5.32 Å². The molecular formula is C20H36N6O. The summed E-state index contributed by atoms with van der Waals surface area (Å²) in [5.41, 5.74) is 3.86. The first-order chi connectivity index (χ1) is 13.2. The van der Waals surface area contributed by atoms with Gasteiger partial charge in [-0.25, -0.2) is 0 Å². The van der Waals surface area contributed by atoms with Gasteiger partial charge in [0.2, 0.25) is 0 Å². The van der Waals surface area contributed by atoms with Crippen molar-refractivity contribution in [1.82, 2.24) is 24.9 Å². The first-order valence-corrected chi connectivity index (χ1v) is 10.5. The van der Waals surface area contributed by atoms with E-state index in [4.69, 9.17) is 4.74 Å². The summed E-state index contributed by atoms with van der Waals surface area (Å²) in [5.74, 6) is 1.74. The van der Waals surface area contributed by atoms with E-state index in [2.05, 4.69) is 39.1 Å². The Morgan fingerprint density at radius 3 is 2.67 bits per heavy atom. The molecule has 2 aliphatic rings. The van der Waals surface area contributed by atoms with E-state index in [1.807, 2.05) is 18.8 Å². The molecular weight excluding hydrogens is 340 g/mol. The fourth-order valence-electron chi connectivity index (χ4n) is 4.42. The minimum absolute atomic E-state index is 0.720. The zero-order valence-electron chi connectivity index (χ0n) is 17.5. The normalized spacial score (nSPS) is 21.9. The number of nitrogens with zero attached hydrogens (tertiary/aromatic N) is 5. The van der Waals surface area contributed by atoms with Crippen LogP contribution in [0.5, 0.6) is 0 Å². The molecule has 1 unspecified atom stereocenters. The summed E-state index contributed by atoms with van der Waals surface area (Å²) in [5, 5.41) is 8.29. The summed E-state index contributed by atoms with van der Waals surface area (Å²) in [6.45, 7) is 12.4. The van der Waals surface area contributed by atoms with E-state index in [-0.39, 0.29) is 0 Å². The van der Waals surface area contributed by atoms with Crippen molar-refractivity contribution in [2.75, 3.05) is 53.0 Å². The summed E-state index contributed by atoms with van der Waals surface area (Å²) < 4.78 is 7.50. The minimum atomic E-state index is 0.720. The Morgan fingerprint density at radius 1 is 1.22 bits per heavy atom. The smallest absolute Gasteiger partial charge is 0.193 e. The summed E-state index contributed by atoms with van der Waals surface area (Å²) >= 11 is 0. The van der Waals surface area contributed by atoms with Crippen LogP contribution in [0.25, 0.3) is 0 Å². The molecule has 7 nitrogen and oxygen atoms in total. The van der Waals surface area contributed by atoms with Gasteiger partial charge in [0.05, 0.1) is 18.9 Å². The molecule has 7 heteroatoms. The zero-order valence-corrected chi connectivity index (χ0v) is 17.5. The monoisotopic (exact) mass is 376 g/mol. The van der Waals surface area contributed by atoms with Crippen LogP contribution in [0.15, 0.2) is 4.99 Å². The molecule has 1 N–H and O–H groups in total. The maximum absolute atomic E-state index is 5.47. The Hall–Kier alpha value is -1.60. The number of aryl methyl sites for hydroxylation is 2. The van der Waals surface area contributed by atoms with E-state index in [1.165, 1.54) is 29.9 Å². The second-order valence-electron chi connectivity index (χ2n) is 7.62. The summed E-state index contributed by atoms with van der Waals surface area (Å²) in [4.78, 5) is 9.52. The number of ether oxygens (including phenoxy) is 1. The third kappa shape index (κ3) is 4.82. The van der Waals surface area contributed by atoms with Gasteiger partial charge < -0.3 is 15.0 Å². The van der Waals surface area contributed by atoms with E-state index in [1.54, 1.807) is 0 Å². The Bertz CT molecular complexity index is 635. The van der Waals surface area contributed by atoms with Crippen LogP contribution in [0, 0.1) is 5.92 Å². The molecule has 0 radical (unpaired) electrons. The second kappa shape index (κ2) is 9.55. The topological polar surface area (TPSA) is 57.9 Å². The predicted octanol–water partition coefficient (Wildman–Crippen LogP) is 1.27. The van der Waals surface area contributed by atoms with Gasteiger partial charge in [-0.05, 0) is 25.2 Å². The van der Waals surface area contributed by atoms with Gasteiger partial charge in [-0.2, -0.15) is 5.10 Å². The molecule has 0 amide bonds. The number of likely N-dealkylation sites (tertiary alicyclic amines) is 1. The molecule has 0 aliphatic carbocycles. The van der Waals surface area contributed by atoms with Crippen LogP contribution in [0.3, 0.4) is 0 Å². The molecule has 1 aromatic rings. The Kier molecular flexibility index (Phi) is 7.13. The molecule has 2 fully saturated rings. The lowest BCUT2D eigenvalue weighted by atomic mass is 10.1. The maximum Gasteiger partial charge on any atom is 0.193 e. The predicted molar refractivity (Wildman–Crippen MR) is 109 cm³/mol. The van der Waals surface area contributed by atoms with Crippen molar-refractivity contribution in [3.8, 4) is 0 Å². The number of aliphatic imine (C=N–C) groups is 1. The van der Waals surface area contributed by atoms with Crippen LogP contribution in [0.2, 0.25) is 0 Å². The highest BCUT2D eigenvalue weighted by atomic mass is 16.5. The number of morpholine rings is 1. The number of hydrogen-bond donors (Lipinski definition) is 1. The van der Waals surface area contributed by atoms with Gasteiger partial charge in [-0.15, -0.1) is 0 Å². The first kappa shape index (κ1) is 20.1. The molecule has 27 heavy (non-hydrogen) atoms. The molecule has 0 aromatic carbocycles. The van der Waals surface area contributed by atoms with Gasteiger partial charge in [0.25, 0.3) is 0 Å². The third-order valence-electron chi connectivity index (χ3n) is 5.87. The van der Waals surface area contributed by atoms with E-state index in [0.29, 0.717) is 0 Å². The minimum Gasteiger partial charge on any atom is -0.379 e. The SMILES string of the molecule is CCc1nn(C)c(CC)c1CNC(=NC)N1CCC(CN2CCOCC2)C1. The maximum atomic E-state index is 5.47. The Labute approximate surface area is 163 Å². The standard InChI is InChI=1S/C20H36N6O/c1-5-18-17(19(6-2)24(4)23-18)13-22-20(21-3)26-8-7-16(15-26)14-25-9-11-27-12-10-25/h16H,5-15H2,1-4H3,(H,21,22). The largest absolute Gasteiger partial charge is 0.379 e. The molecule has 3 heterocycles. The molecule has 2 saturated heterocycles. The van der Waals surface area contributed by atoms with Crippen molar-refractivity contribution >= 4 is 5.96 Å². The average molecular weight is 377 g/mol. The third-order valence-corrected chi connectivity index (χ3v) is 5.87. The first-order valence-electron chi connectivity index (χ1n) is 10.5. The lowest BCUT2D eigenvalue weighted by Crippen LogP contribution is -2.42. The van der Waals surface area contributed by atoms with Crippen molar-refractivity contribution in [3.63, 3.8) is 0 Å². The second-order valence-corrected chi connectivity index (χ2v) is 7.62. The molecule has 1 aromatic heterocycles. The van der Waals surface area contributed by atoms with Crippen LogP contribution in [0.4, 0.5) is 0 Å². The van der Waals surface area contributed by atoms with Crippen molar-refractivity contribution in [1.29, 1.82) is 0 Å². The number of hydrogen-bond acceptors (Lipinski definition) is 4. The van der Waals surface area contributed by atoms with Gasteiger partial charge in [0, 0.05) is 64.6 Å². The summed E-state index contributed by atoms with van der Waals surface area (Å²) in [6, 6.07) is 0. The van der Waals surface area contributed by atoms with Crippen molar-refractivity contribution in [2.24, 2.45) is 18.0 Å². The van der Waals surface area contributed by atoms with Gasteiger partial charge >= 0.3 is 0 Å². The van der Waals surface area contributed by atoms with E-state index < -0.39 is 0 Å². The van der Waals surface area contributed by atoms with Crippen molar-refractivity contribution in [3.05, 3.63) is 17.0 Å². The Morgan fingerprint density at radius 2 is 2.00 bits per heavy atom. The van der Waals surface area contributed by atoms with E-state index in [9.17, 15) is 0 Å². The molecule has 2 aliphatic heterocycles. The highest BCUT2D eigenvalue weighted by molar-refractivity contribution is 5.80. The highest BCUT2D eigenvalue weighted by Gasteiger charge is 2.27. The lowest BCUT2D eigenvalue weighted by molar-refractivity contribution is 0.0315. The van der Waals surface area contributed by atoms with Crippen molar-refractivity contribution < 1.29 is 4.74 Å². The van der Waals surface area contributed by atoms with E-state index >= 15 is 0 Å². The van der Waals surface area contributed by atoms with E-state index in [0.717, 1.165) is 70.7 Å². The van der Waals surface area contributed by atoms with Gasteiger partial charge in [0.15, 0.2) is 5.96 Å². The highest BCUT2D eigenvalue weighted by Crippen LogP contribution is 2.19. The molecule has 0 spiro atoms. The van der Waals surface area contributed by atoms with Gasteiger partial charge in [-0.1, -0.05) is 13.8 Å². The van der Waals surface area contributed by atoms with Gasteiger partial charge in [0.1, 0.15) is 0 Å². The van der Waals surface area contributed by atoms with Crippen LogP contribution in [-0.4, -0.2) is 78.5 Å². The van der Waals surface area contributed by atoms with Crippen molar-refractivity contribution in [2.45, 2.75) is 39.7 Å². The number of nitrogens with one attached hydrogen (secondary N) is 1. The summed E-state index contributed by atoms with van der Waals surface area (Å²) in [6.07, 6.45) is 3.21. The Balaban J connectivity index is 1.55. The van der Waals surface area contributed by atoms with Crippen LogP contribution >= 0.6 is 0 Å². The molecule has 152 valence electrons. The fourth-order valence-corrected chi connectivity index (χ4v) is 4.42. The number of guanidine groups is 1. The zero-order chi connectivity index (χ0) is 19.2. The van der Waals surface area contributed by atoms with Gasteiger partial charge in [-0.3, -0.25) is 14.6 Å². The number of rotatable bonds is 6. The average Bonchev–Trinajstić information content (AvgIpc) is 3.27. The fraction of sp³-hybridized carbons (Fsp3) is 0.800.